The normalized spacial score (nSPS) is 18.2. The van der Waals surface area contributed by atoms with E-state index in [4.69, 9.17) is 0 Å². The van der Waals surface area contributed by atoms with Crippen molar-refractivity contribution < 1.29 is 9.90 Å². The predicted octanol–water partition coefficient (Wildman–Crippen LogP) is 3.92. The van der Waals surface area contributed by atoms with Gasteiger partial charge in [0.25, 0.3) is 0 Å². The zero-order chi connectivity index (χ0) is 18.0. The fourth-order valence-electron chi connectivity index (χ4n) is 3.66. The Kier molecular flexibility index (Phi) is 4.41. The van der Waals surface area contributed by atoms with Crippen molar-refractivity contribution in [2.24, 2.45) is 0 Å². The van der Waals surface area contributed by atoms with E-state index in [1.165, 1.54) is 11.1 Å². The van der Waals surface area contributed by atoms with Crippen molar-refractivity contribution in [1.82, 2.24) is 10.2 Å². The van der Waals surface area contributed by atoms with Gasteiger partial charge in [-0.05, 0) is 48.1 Å². The lowest BCUT2D eigenvalue weighted by Gasteiger charge is -2.28. The van der Waals surface area contributed by atoms with Gasteiger partial charge in [0.15, 0.2) is 0 Å². The maximum Gasteiger partial charge on any atom is 0.317 e. The van der Waals surface area contributed by atoms with Gasteiger partial charge >= 0.3 is 6.03 Å². The summed E-state index contributed by atoms with van der Waals surface area (Å²) in [6.45, 7) is 2.05. The van der Waals surface area contributed by atoms with Gasteiger partial charge in [0, 0.05) is 25.0 Å². The molecule has 0 saturated heterocycles. The molecule has 2 aromatic carbocycles. The van der Waals surface area contributed by atoms with Crippen molar-refractivity contribution in [3.05, 3.63) is 71.8 Å². The lowest BCUT2D eigenvalue weighted by Crippen LogP contribution is -2.44. The van der Waals surface area contributed by atoms with Crippen LogP contribution < -0.4 is 5.32 Å². The minimum absolute atomic E-state index is 0.0215. The average molecular weight is 348 g/mol. The molecule has 26 heavy (non-hydrogen) atoms. The molecule has 4 heteroatoms. The molecule has 2 aliphatic rings. The SMILES string of the molecule is O=C(NCC1(c2ccccc2)CC1)N1CC=C(c2ccc(O)cc2)CC1. The number of hydrogen-bond donors (Lipinski definition) is 2. The maximum atomic E-state index is 12.5. The molecule has 1 saturated carbocycles. The van der Waals surface area contributed by atoms with Crippen molar-refractivity contribution in [2.75, 3.05) is 19.6 Å². The number of hydrogen-bond acceptors (Lipinski definition) is 2. The summed E-state index contributed by atoms with van der Waals surface area (Å²) >= 11 is 0. The van der Waals surface area contributed by atoms with Crippen LogP contribution in [0.3, 0.4) is 0 Å². The van der Waals surface area contributed by atoms with Gasteiger partial charge in [-0.2, -0.15) is 0 Å². The zero-order valence-corrected chi connectivity index (χ0v) is 14.8. The molecule has 4 nitrogen and oxygen atoms in total. The van der Waals surface area contributed by atoms with Crippen LogP contribution >= 0.6 is 0 Å². The van der Waals surface area contributed by atoms with Gasteiger partial charge in [0.1, 0.15) is 5.75 Å². The fraction of sp³-hybridized carbons (Fsp3) is 0.318. The number of nitrogens with one attached hydrogen (secondary N) is 1. The van der Waals surface area contributed by atoms with Crippen LogP contribution in [0, 0.1) is 0 Å². The quantitative estimate of drug-likeness (QED) is 0.880. The molecule has 0 spiro atoms. The van der Waals surface area contributed by atoms with E-state index in [0.717, 1.165) is 31.4 Å². The highest BCUT2D eigenvalue weighted by molar-refractivity contribution is 5.77. The molecular weight excluding hydrogens is 324 g/mol. The molecule has 134 valence electrons. The molecule has 0 aromatic heterocycles. The van der Waals surface area contributed by atoms with Crippen LogP contribution in [0.1, 0.15) is 30.4 Å². The van der Waals surface area contributed by atoms with E-state index in [0.29, 0.717) is 13.1 Å². The number of carbonyl (C=O) groups is 1. The molecule has 4 rings (SSSR count). The second-order valence-corrected chi connectivity index (χ2v) is 7.28. The summed E-state index contributed by atoms with van der Waals surface area (Å²) < 4.78 is 0. The Morgan fingerprint density at radius 1 is 1.08 bits per heavy atom. The molecule has 2 N–H and O–H groups in total. The summed E-state index contributed by atoms with van der Waals surface area (Å²) in [5.74, 6) is 0.276. The van der Waals surface area contributed by atoms with Crippen molar-refractivity contribution in [2.45, 2.75) is 24.7 Å². The maximum absolute atomic E-state index is 12.5. The van der Waals surface area contributed by atoms with Gasteiger partial charge in [-0.15, -0.1) is 0 Å². The number of rotatable bonds is 4. The average Bonchev–Trinajstić information content (AvgIpc) is 3.49. The topological polar surface area (TPSA) is 52.6 Å². The number of phenols is 1. The lowest BCUT2D eigenvalue weighted by molar-refractivity contribution is 0.202. The monoisotopic (exact) mass is 348 g/mol. The summed E-state index contributed by atoms with van der Waals surface area (Å²) in [6.07, 6.45) is 5.23. The van der Waals surface area contributed by atoms with E-state index in [9.17, 15) is 9.90 Å². The Morgan fingerprint density at radius 3 is 2.42 bits per heavy atom. The number of phenolic OH excluding ortho intramolecular Hbond substituents is 1. The minimum Gasteiger partial charge on any atom is -0.508 e. The van der Waals surface area contributed by atoms with Crippen LogP contribution in [0.5, 0.6) is 5.75 Å². The molecule has 0 radical (unpaired) electrons. The fourth-order valence-corrected chi connectivity index (χ4v) is 3.66. The number of amides is 2. The molecule has 0 atom stereocenters. The highest BCUT2D eigenvalue weighted by Crippen LogP contribution is 2.47. The lowest BCUT2D eigenvalue weighted by atomic mass is 9.96. The molecule has 1 fully saturated rings. The van der Waals surface area contributed by atoms with E-state index in [1.807, 2.05) is 23.1 Å². The molecule has 1 heterocycles. The Bertz CT molecular complexity index is 808. The Morgan fingerprint density at radius 2 is 1.81 bits per heavy atom. The summed E-state index contributed by atoms with van der Waals surface area (Å²) in [5.41, 5.74) is 3.81. The molecule has 1 aliphatic heterocycles. The van der Waals surface area contributed by atoms with E-state index < -0.39 is 0 Å². The van der Waals surface area contributed by atoms with Crippen LogP contribution in [-0.2, 0) is 5.41 Å². The van der Waals surface area contributed by atoms with Gasteiger partial charge in [0.2, 0.25) is 0 Å². The van der Waals surface area contributed by atoms with Crippen LogP contribution in [0.25, 0.3) is 5.57 Å². The van der Waals surface area contributed by atoms with Crippen LogP contribution in [0.4, 0.5) is 4.79 Å². The van der Waals surface area contributed by atoms with Gasteiger partial charge in [-0.3, -0.25) is 0 Å². The molecule has 0 unspecified atom stereocenters. The summed E-state index contributed by atoms with van der Waals surface area (Å²) in [6, 6.07) is 17.8. The summed E-state index contributed by atoms with van der Waals surface area (Å²) in [4.78, 5) is 14.4. The predicted molar refractivity (Wildman–Crippen MR) is 103 cm³/mol. The number of urea groups is 1. The van der Waals surface area contributed by atoms with E-state index >= 15 is 0 Å². The summed E-state index contributed by atoms with van der Waals surface area (Å²) in [7, 11) is 0. The van der Waals surface area contributed by atoms with Crippen LogP contribution in [0.2, 0.25) is 0 Å². The van der Waals surface area contributed by atoms with E-state index in [1.54, 1.807) is 12.1 Å². The third-order valence-corrected chi connectivity index (χ3v) is 5.55. The van der Waals surface area contributed by atoms with E-state index in [-0.39, 0.29) is 17.2 Å². The van der Waals surface area contributed by atoms with Crippen molar-refractivity contribution >= 4 is 11.6 Å². The number of carbonyl (C=O) groups excluding carboxylic acids is 1. The van der Waals surface area contributed by atoms with Gasteiger partial charge < -0.3 is 15.3 Å². The Labute approximate surface area is 154 Å². The van der Waals surface area contributed by atoms with Crippen LogP contribution in [0.15, 0.2) is 60.7 Å². The van der Waals surface area contributed by atoms with Gasteiger partial charge in [-0.25, -0.2) is 4.79 Å². The first-order valence-electron chi connectivity index (χ1n) is 9.23. The first kappa shape index (κ1) is 16.7. The standard InChI is InChI=1S/C22H24N2O2/c25-20-8-6-17(7-9-20)18-10-14-24(15-11-18)21(26)23-16-22(12-13-22)19-4-2-1-3-5-19/h1-10,25H,11-16H2,(H,23,26). The third kappa shape index (κ3) is 3.45. The van der Waals surface area contributed by atoms with Gasteiger partial charge in [0.05, 0.1) is 0 Å². The largest absolute Gasteiger partial charge is 0.508 e. The highest BCUT2D eigenvalue weighted by atomic mass is 16.3. The Hall–Kier alpha value is -2.75. The van der Waals surface area contributed by atoms with Gasteiger partial charge in [-0.1, -0.05) is 48.5 Å². The van der Waals surface area contributed by atoms with Crippen molar-refractivity contribution in [1.29, 1.82) is 0 Å². The van der Waals surface area contributed by atoms with Crippen LogP contribution in [-0.4, -0.2) is 35.7 Å². The number of aromatic hydroxyl groups is 1. The summed E-state index contributed by atoms with van der Waals surface area (Å²) in [5, 5.41) is 12.5. The van der Waals surface area contributed by atoms with E-state index in [2.05, 4.69) is 35.7 Å². The molecule has 2 amide bonds. The second kappa shape index (κ2) is 6.87. The second-order valence-electron chi connectivity index (χ2n) is 7.28. The van der Waals surface area contributed by atoms with Crippen molar-refractivity contribution in [3.63, 3.8) is 0 Å². The highest BCUT2D eigenvalue weighted by Gasteiger charge is 2.44. The minimum atomic E-state index is 0.0215. The van der Waals surface area contributed by atoms with Crippen molar-refractivity contribution in [3.8, 4) is 5.75 Å². The molecule has 1 aliphatic carbocycles. The smallest absolute Gasteiger partial charge is 0.317 e. The first-order chi connectivity index (χ1) is 12.7. The molecule has 2 aromatic rings. The number of nitrogens with zero attached hydrogens (tertiary/aromatic N) is 1. The molecular formula is C22H24N2O2. The number of benzene rings is 2. The molecule has 0 bridgehead atoms. The third-order valence-electron chi connectivity index (χ3n) is 5.55. The first-order valence-corrected chi connectivity index (χ1v) is 9.23. The Balaban J connectivity index is 1.33. The zero-order valence-electron chi connectivity index (χ0n) is 14.8.